The first-order valence-electron chi connectivity index (χ1n) is 8.98. The number of nitrogens with one attached hydrogen (secondary N) is 1. The lowest BCUT2D eigenvalue weighted by Gasteiger charge is -2.29. The number of hydrogen-bond donors (Lipinski definition) is 2. The molecule has 8 heteroatoms. The minimum absolute atomic E-state index is 0.181. The summed E-state index contributed by atoms with van der Waals surface area (Å²) in [7, 11) is -1.95. The second kappa shape index (κ2) is 9.04. The number of fused-ring (bicyclic) bond motifs is 3. The summed E-state index contributed by atoms with van der Waals surface area (Å²) in [5.41, 5.74) is 3.60. The number of hydrogen-bond acceptors (Lipinski definition) is 5. The molecule has 0 saturated carbocycles. The maximum atomic E-state index is 13.0. The highest BCUT2D eigenvalue weighted by molar-refractivity contribution is 7.89. The molecule has 1 heterocycles. The molecule has 1 aliphatic rings. The van der Waals surface area contributed by atoms with E-state index < -0.39 is 10.0 Å². The molecule has 1 amide bonds. The zero-order valence-corrected chi connectivity index (χ0v) is 16.7. The monoisotopic (exact) mass is 414 g/mol. The van der Waals surface area contributed by atoms with E-state index >= 15 is 0 Å². The third-order valence-corrected chi connectivity index (χ3v) is 6.71. The molecule has 0 unspecified atom stereocenters. The molecule has 4 rings (SSSR count). The van der Waals surface area contributed by atoms with Gasteiger partial charge in [-0.05, 0) is 52.6 Å². The molecule has 3 aromatic carbocycles. The van der Waals surface area contributed by atoms with E-state index in [4.69, 9.17) is 14.7 Å². The number of carbonyl (C=O) groups is 1. The molecule has 0 spiro atoms. The van der Waals surface area contributed by atoms with E-state index in [9.17, 15) is 8.42 Å². The Bertz CT molecular complexity index is 1100. The lowest BCUT2D eigenvalue weighted by atomic mass is 9.95. The van der Waals surface area contributed by atoms with Crippen LogP contribution in [0.25, 0.3) is 10.8 Å². The Hall–Kier alpha value is -2.94. The van der Waals surface area contributed by atoms with Gasteiger partial charge in [-0.2, -0.15) is 4.31 Å². The van der Waals surface area contributed by atoms with Crippen LogP contribution in [-0.2, 0) is 27.8 Å². The zero-order valence-electron chi connectivity index (χ0n) is 15.9. The highest BCUT2D eigenvalue weighted by Gasteiger charge is 2.29. The Labute approximate surface area is 169 Å². The molecule has 29 heavy (non-hydrogen) atoms. The third-order valence-electron chi connectivity index (χ3n) is 4.85. The van der Waals surface area contributed by atoms with Gasteiger partial charge in [0.25, 0.3) is 0 Å². The fraction of sp³-hybridized carbons (Fsp3) is 0.190. The molecule has 0 aliphatic carbocycles. The van der Waals surface area contributed by atoms with Crippen molar-refractivity contribution >= 4 is 27.2 Å². The number of benzene rings is 3. The summed E-state index contributed by atoms with van der Waals surface area (Å²) < 4.78 is 32.7. The highest BCUT2D eigenvalue weighted by Crippen LogP contribution is 2.30. The number of ether oxygens (including phenoxy) is 1. The minimum atomic E-state index is -3.52. The molecule has 7 nitrogen and oxygen atoms in total. The Morgan fingerprint density at radius 2 is 1.76 bits per heavy atom. The Balaban J connectivity index is 0.000000552. The van der Waals surface area contributed by atoms with Crippen molar-refractivity contribution in [3.8, 4) is 5.75 Å². The summed E-state index contributed by atoms with van der Waals surface area (Å²) in [5, 5.41) is 9.53. The van der Waals surface area contributed by atoms with Crippen LogP contribution >= 0.6 is 0 Å². The molecule has 2 N–H and O–H groups in total. The Morgan fingerprint density at radius 1 is 1.07 bits per heavy atom. The molecule has 0 fully saturated rings. The second-order valence-electron chi connectivity index (χ2n) is 6.44. The van der Waals surface area contributed by atoms with Crippen molar-refractivity contribution in [1.29, 1.82) is 0 Å². The Morgan fingerprint density at radius 3 is 2.41 bits per heavy atom. The number of sulfonamides is 1. The fourth-order valence-electron chi connectivity index (χ4n) is 3.40. The van der Waals surface area contributed by atoms with Gasteiger partial charge in [0.05, 0.1) is 12.0 Å². The van der Waals surface area contributed by atoms with Crippen molar-refractivity contribution in [3.05, 3.63) is 71.8 Å². The lowest BCUT2D eigenvalue weighted by Crippen LogP contribution is -2.36. The molecule has 0 bridgehead atoms. The van der Waals surface area contributed by atoms with Crippen molar-refractivity contribution in [2.75, 3.05) is 13.7 Å². The van der Waals surface area contributed by atoms with Crippen LogP contribution in [-0.4, -0.2) is 38.0 Å². The molecule has 0 aromatic heterocycles. The van der Waals surface area contributed by atoms with Crippen molar-refractivity contribution < 1.29 is 23.2 Å². The molecule has 3 aromatic rings. The summed E-state index contributed by atoms with van der Waals surface area (Å²) in [6.07, 6.45) is 0.912. The molecule has 0 saturated heterocycles. The van der Waals surface area contributed by atoms with Gasteiger partial charge in [-0.25, -0.2) is 13.9 Å². The van der Waals surface area contributed by atoms with Gasteiger partial charge in [-0.1, -0.05) is 36.4 Å². The summed E-state index contributed by atoms with van der Waals surface area (Å²) >= 11 is 0. The molecule has 0 radical (unpaired) electrons. The van der Waals surface area contributed by atoms with E-state index in [1.807, 2.05) is 12.1 Å². The van der Waals surface area contributed by atoms with Crippen LogP contribution in [0.3, 0.4) is 0 Å². The van der Waals surface area contributed by atoms with Crippen LogP contribution in [0, 0.1) is 0 Å². The number of rotatable bonds is 4. The van der Waals surface area contributed by atoms with Crippen LogP contribution < -0.4 is 10.2 Å². The summed E-state index contributed by atoms with van der Waals surface area (Å²) in [4.78, 5) is 9.12. The highest BCUT2D eigenvalue weighted by atomic mass is 32.2. The van der Waals surface area contributed by atoms with Crippen LogP contribution in [0.2, 0.25) is 0 Å². The first kappa shape index (κ1) is 20.8. The predicted molar refractivity (Wildman–Crippen MR) is 109 cm³/mol. The quantitative estimate of drug-likeness (QED) is 0.389. The van der Waals surface area contributed by atoms with Gasteiger partial charge in [0.15, 0.2) is 0 Å². The minimum Gasteiger partial charge on any atom is -0.497 e. The van der Waals surface area contributed by atoms with E-state index in [1.54, 1.807) is 35.7 Å². The summed E-state index contributed by atoms with van der Waals surface area (Å²) in [6, 6.07) is 18.9. The Kier molecular flexibility index (Phi) is 6.48. The zero-order chi connectivity index (χ0) is 20.9. The van der Waals surface area contributed by atoms with E-state index in [0.717, 1.165) is 22.8 Å². The summed E-state index contributed by atoms with van der Waals surface area (Å²) in [5.74, 6) is 0.647. The van der Waals surface area contributed by atoms with Gasteiger partial charge >= 0.3 is 0 Å². The van der Waals surface area contributed by atoms with Crippen molar-refractivity contribution in [1.82, 2.24) is 9.79 Å². The molecule has 0 atom stereocenters. The first-order chi connectivity index (χ1) is 14.0. The van der Waals surface area contributed by atoms with Crippen LogP contribution in [0.4, 0.5) is 0 Å². The standard InChI is InChI=1S/C20H19NO3S.CH3NO2/c1-24-17-8-10-18(11-9-17)25(22,23)21-13-12-16-7-6-15-4-2-3-5-19(15)20(16)14-21;3-1-2-4/h2-11H,12-14H2,1H3;1,4H,(H,2,3). The largest absolute Gasteiger partial charge is 0.497 e. The van der Waals surface area contributed by atoms with Gasteiger partial charge in [0.1, 0.15) is 5.75 Å². The predicted octanol–water partition coefficient (Wildman–Crippen LogP) is 2.72. The number of methoxy groups -OCH3 is 1. The fourth-order valence-corrected chi connectivity index (χ4v) is 4.81. The maximum Gasteiger partial charge on any atom is 0.243 e. The van der Waals surface area contributed by atoms with E-state index in [0.29, 0.717) is 23.7 Å². The smallest absolute Gasteiger partial charge is 0.243 e. The average molecular weight is 414 g/mol. The second-order valence-corrected chi connectivity index (χ2v) is 8.37. The van der Waals surface area contributed by atoms with Crippen LogP contribution in [0.1, 0.15) is 11.1 Å². The molecular weight excluding hydrogens is 392 g/mol. The normalized spacial score (nSPS) is 13.7. The van der Waals surface area contributed by atoms with Crippen molar-refractivity contribution in [2.24, 2.45) is 0 Å². The van der Waals surface area contributed by atoms with Gasteiger partial charge in [-0.3, -0.25) is 10.0 Å². The van der Waals surface area contributed by atoms with E-state index in [-0.39, 0.29) is 6.41 Å². The maximum absolute atomic E-state index is 13.0. The molecule has 1 aliphatic heterocycles. The van der Waals surface area contributed by atoms with Crippen LogP contribution in [0.15, 0.2) is 65.6 Å². The lowest BCUT2D eigenvalue weighted by molar-refractivity contribution is -0.116. The topological polar surface area (TPSA) is 95.9 Å². The molecular formula is C21H22N2O5S. The number of amides is 1. The van der Waals surface area contributed by atoms with Crippen molar-refractivity contribution in [2.45, 2.75) is 17.9 Å². The average Bonchev–Trinajstić information content (AvgIpc) is 2.78. The first-order valence-corrected chi connectivity index (χ1v) is 10.4. The van der Waals surface area contributed by atoms with Gasteiger partial charge in [0, 0.05) is 13.1 Å². The van der Waals surface area contributed by atoms with E-state index in [1.165, 1.54) is 11.0 Å². The van der Waals surface area contributed by atoms with Gasteiger partial charge in [-0.15, -0.1) is 0 Å². The van der Waals surface area contributed by atoms with Gasteiger partial charge < -0.3 is 4.74 Å². The number of nitrogens with zero attached hydrogens (tertiary/aromatic N) is 1. The number of carbonyl (C=O) groups excluding carboxylic acids is 1. The molecule has 152 valence electrons. The van der Waals surface area contributed by atoms with Crippen LogP contribution in [0.5, 0.6) is 5.75 Å². The third kappa shape index (κ3) is 4.40. The van der Waals surface area contributed by atoms with Crippen molar-refractivity contribution in [3.63, 3.8) is 0 Å². The number of hydroxylamine groups is 1. The van der Waals surface area contributed by atoms with E-state index in [2.05, 4.69) is 24.3 Å². The van der Waals surface area contributed by atoms with Gasteiger partial charge in [0.2, 0.25) is 16.4 Å². The summed E-state index contributed by atoms with van der Waals surface area (Å²) in [6.45, 7) is 0.907. The SMILES string of the molecule is COc1ccc(S(=O)(=O)N2CCc3ccc4ccccc4c3C2)cc1.O=CNO.